The molecule has 1 amide bonds. The Morgan fingerprint density at radius 2 is 1.77 bits per heavy atom. The van der Waals surface area contributed by atoms with Gasteiger partial charge in [0, 0.05) is 24.8 Å². The van der Waals surface area contributed by atoms with Crippen molar-refractivity contribution >= 4 is 27.9 Å². The van der Waals surface area contributed by atoms with Crippen molar-refractivity contribution in [1.29, 1.82) is 0 Å². The SMILES string of the molecule is O=C(Cn1c(=O)oc2ccccc21)NCCCn1ccc2ccccc21. The van der Waals surface area contributed by atoms with E-state index in [9.17, 15) is 9.59 Å². The van der Waals surface area contributed by atoms with Crippen LogP contribution in [0.1, 0.15) is 6.42 Å². The number of benzene rings is 2. The van der Waals surface area contributed by atoms with E-state index < -0.39 is 5.76 Å². The van der Waals surface area contributed by atoms with Crippen molar-refractivity contribution in [3.63, 3.8) is 0 Å². The van der Waals surface area contributed by atoms with Crippen LogP contribution >= 0.6 is 0 Å². The number of fused-ring (bicyclic) bond motifs is 2. The zero-order valence-corrected chi connectivity index (χ0v) is 14.2. The van der Waals surface area contributed by atoms with E-state index in [0.717, 1.165) is 13.0 Å². The fourth-order valence-electron chi connectivity index (χ4n) is 3.18. The van der Waals surface area contributed by atoms with E-state index in [4.69, 9.17) is 4.42 Å². The summed E-state index contributed by atoms with van der Waals surface area (Å²) in [5.74, 6) is -0.712. The highest BCUT2D eigenvalue weighted by Crippen LogP contribution is 2.15. The van der Waals surface area contributed by atoms with E-state index in [1.54, 1.807) is 18.2 Å². The second-order valence-electron chi connectivity index (χ2n) is 6.19. The number of hydrogen-bond donors (Lipinski definition) is 1. The average Bonchev–Trinajstić information content (AvgIpc) is 3.20. The van der Waals surface area contributed by atoms with E-state index in [0.29, 0.717) is 17.6 Å². The number of nitrogens with zero attached hydrogens (tertiary/aromatic N) is 2. The summed E-state index contributed by atoms with van der Waals surface area (Å²) in [4.78, 5) is 24.1. The zero-order valence-electron chi connectivity index (χ0n) is 14.2. The molecule has 26 heavy (non-hydrogen) atoms. The highest BCUT2D eigenvalue weighted by Gasteiger charge is 2.11. The van der Waals surface area contributed by atoms with Crippen LogP contribution in [-0.4, -0.2) is 21.6 Å². The molecule has 0 bridgehead atoms. The van der Waals surface area contributed by atoms with Gasteiger partial charge in [0.25, 0.3) is 0 Å². The Morgan fingerprint density at radius 1 is 1.00 bits per heavy atom. The van der Waals surface area contributed by atoms with Gasteiger partial charge in [0.15, 0.2) is 5.58 Å². The van der Waals surface area contributed by atoms with Crippen LogP contribution in [-0.2, 0) is 17.9 Å². The average molecular weight is 349 g/mol. The summed E-state index contributed by atoms with van der Waals surface area (Å²) in [6.07, 6.45) is 2.87. The van der Waals surface area contributed by atoms with Gasteiger partial charge >= 0.3 is 5.76 Å². The van der Waals surface area contributed by atoms with Crippen molar-refractivity contribution in [2.45, 2.75) is 19.5 Å². The van der Waals surface area contributed by atoms with Crippen molar-refractivity contribution in [2.75, 3.05) is 6.54 Å². The Labute approximate surface area is 149 Å². The molecule has 1 N–H and O–H groups in total. The number of para-hydroxylation sites is 3. The first-order valence-electron chi connectivity index (χ1n) is 8.61. The van der Waals surface area contributed by atoms with Gasteiger partial charge in [0.1, 0.15) is 6.54 Å². The monoisotopic (exact) mass is 349 g/mol. The van der Waals surface area contributed by atoms with Gasteiger partial charge in [-0.2, -0.15) is 0 Å². The van der Waals surface area contributed by atoms with E-state index in [1.165, 1.54) is 15.5 Å². The molecule has 132 valence electrons. The molecule has 0 aliphatic rings. The van der Waals surface area contributed by atoms with Crippen LogP contribution < -0.4 is 11.1 Å². The maximum absolute atomic E-state index is 12.2. The van der Waals surface area contributed by atoms with Crippen LogP contribution in [0.15, 0.2) is 70.0 Å². The maximum Gasteiger partial charge on any atom is 0.420 e. The summed E-state index contributed by atoms with van der Waals surface area (Å²) in [6, 6.07) is 17.4. The Balaban J connectivity index is 1.33. The van der Waals surface area contributed by atoms with Crippen molar-refractivity contribution in [2.24, 2.45) is 0 Å². The van der Waals surface area contributed by atoms with Crippen molar-refractivity contribution in [1.82, 2.24) is 14.5 Å². The molecule has 0 radical (unpaired) electrons. The molecule has 2 aromatic heterocycles. The molecule has 6 nitrogen and oxygen atoms in total. The number of hydrogen-bond acceptors (Lipinski definition) is 3. The van der Waals surface area contributed by atoms with Gasteiger partial charge in [-0.3, -0.25) is 9.36 Å². The molecule has 0 atom stereocenters. The quantitative estimate of drug-likeness (QED) is 0.544. The normalized spacial score (nSPS) is 11.2. The number of aryl methyl sites for hydroxylation is 1. The molecule has 0 fully saturated rings. The summed E-state index contributed by atoms with van der Waals surface area (Å²) in [5, 5.41) is 4.08. The van der Waals surface area contributed by atoms with E-state index in [2.05, 4.69) is 34.3 Å². The van der Waals surface area contributed by atoms with Gasteiger partial charge in [-0.1, -0.05) is 30.3 Å². The molecule has 4 rings (SSSR count). The lowest BCUT2D eigenvalue weighted by Gasteiger charge is -2.08. The first-order chi connectivity index (χ1) is 12.7. The smallest absolute Gasteiger partial charge is 0.408 e. The van der Waals surface area contributed by atoms with Gasteiger partial charge in [-0.05, 0) is 36.1 Å². The predicted octanol–water partition coefficient (Wildman–Crippen LogP) is 2.76. The maximum atomic E-state index is 12.2. The third kappa shape index (κ3) is 3.13. The minimum atomic E-state index is -0.514. The number of carbonyl (C=O) groups is 1. The molecule has 0 saturated carbocycles. The van der Waals surface area contributed by atoms with Gasteiger partial charge in [-0.15, -0.1) is 0 Å². The summed E-state index contributed by atoms with van der Waals surface area (Å²) in [6.45, 7) is 1.33. The Morgan fingerprint density at radius 3 is 2.65 bits per heavy atom. The number of rotatable bonds is 6. The molecule has 0 aliphatic carbocycles. The first kappa shape index (κ1) is 16.2. The largest absolute Gasteiger partial charge is 0.420 e. The third-order valence-corrected chi connectivity index (χ3v) is 4.45. The standard InChI is InChI=1S/C20H19N3O3/c24-19(14-23-17-8-3-4-9-18(17)26-20(23)25)21-11-5-12-22-13-10-15-6-1-2-7-16(15)22/h1-4,6-10,13H,5,11-12,14H2,(H,21,24). The lowest BCUT2D eigenvalue weighted by molar-refractivity contribution is -0.121. The fraction of sp³-hybridized carbons (Fsp3) is 0.200. The number of oxazole rings is 1. The van der Waals surface area contributed by atoms with Gasteiger partial charge < -0.3 is 14.3 Å². The molecular formula is C20H19N3O3. The number of amides is 1. The molecule has 2 aromatic carbocycles. The molecule has 0 spiro atoms. The van der Waals surface area contributed by atoms with Crippen LogP contribution in [0.2, 0.25) is 0 Å². The Hall–Kier alpha value is -3.28. The fourth-order valence-corrected chi connectivity index (χ4v) is 3.18. The lowest BCUT2D eigenvalue weighted by atomic mass is 10.2. The number of carbonyl (C=O) groups excluding carboxylic acids is 1. The van der Waals surface area contributed by atoms with Gasteiger partial charge in [0.2, 0.25) is 5.91 Å². The van der Waals surface area contributed by atoms with Gasteiger partial charge in [-0.25, -0.2) is 4.79 Å². The van der Waals surface area contributed by atoms with Crippen LogP contribution in [0.5, 0.6) is 0 Å². The molecule has 0 saturated heterocycles. The number of nitrogens with one attached hydrogen (secondary N) is 1. The van der Waals surface area contributed by atoms with Crippen molar-refractivity contribution in [3.05, 3.63) is 71.3 Å². The van der Waals surface area contributed by atoms with Crippen LogP contribution in [0.4, 0.5) is 0 Å². The third-order valence-electron chi connectivity index (χ3n) is 4.45. The van der Waals surface area contributed by atoms with Crippen LogP contribution in [0.25, 0.3) is 22.0 Å². The molecule has 4 aromatic rings. The van der Waals surface area contributed by atoms with E-state index in [-0.39, 0.29) is 12.5 Å². The summed E-state index contributed by atoms with van der Waals surface area (Å²) < 4.78 is 8.67. The Kier molecular flexibility index (Phi) is 4.31. The molecule has 0 unspecified atom stereocenters. The molecule has 6 heteroatoms. The van der Waals surface area contributed by atoms with E-state index in [1.807, 2.05) is 18.2 Å². The lowest BCUT2D eigenvalue weighted by Crippen LogP contribution is -2.31. The van der Waals surface area contributed by atoms with Gasteiger partial charge in [0.05, 0.1) is 5.52 Å². The summed E-state index contributed by atoms with van der Waals surface area (Å²) >= 11 is 0. The summed E-state index contributed by atoms with van der Waals surface area (Å²) in [5.41, 5.74) is 2.31. The highest BCUT2D eigenvalue weighted by atomic mass is 16.4. The highest BCUT2D eigenvalue weighted by molar-refractivity contribution is 5.80. The minimum Gasteiger partial charge on any atom is -0.408 e. The van der Waals surface area contributed by atoms with Crippen molar-refractivity contribution < 1.29 is 9.21 Å². The minimum absolute atomic E-state index is 0.0394. The van der Waals surface area contributed by atoms with Crippen LogP contribution in [0.3, 0.4) is 0 Å². The Bertz CT molecular complexity index is 1120. The van der Waals surface area contributed by atoms with Crippen LogP contribution in [0, 0.1) is 0 Å². The second kappa shape index (κ2) is 6.92. The molecule has 0 aliphatic heterocycles. The van der Waals surface area contributed by atoms with E-state index >= 15 is 0 Å². The topological polar surface area (TPSA) is 69.2 Å². The molecule has 2 heterocycles. The second-order valence-corrected chi connectivity index (χ2v) is 6.19. The molecular weight excluding hydrogens is 330 g/mol. The number of aromatic nitrogens is 2. The zero-order chi connectivity index (χ0) is 17.9. The van der Waals surface area contributed by atoms with Crippen molar-refractivity contribution in [3.8, 4) is 0 Å². The predicted molar refractivity (Wildman–Crippen MR) is 100 cm³/mol. The first-order valence-corrected chi connectivity index (χ1v) is 8.61. The summed E-state index contributed by atoms with van der Waals surface area (Å²) in [7, 11) is 0.